The predicted molar refractivity (Wildman–Crippen MR) is 105 cm³/mol. The highest BCUT2D eigenvalue weighted by atomic mass is 19.4. The zero-order chi connectivity index (χ0) is 23.8. The molecule has 0 bridgehead atoms. The third-order valence-corrected chi connectivity index (χ3v) is 5.15. The fourth-order valence-electron chi connectivity index (χ4n) is 3.73. The molecule has 5 nitrogen and oxygen atoms in total. The number of hydrogen-bond donors (Lipinski definition) is 1. The molecule has 0 radical (unpaired) electrons. The number of carbonyl (C=O) groups excluding carboxylic acids is 1. The number of para-hydroxylation sites is 1. The van der Waals surface area contributed by atoms with Crippen LogP contribution in [0.15, 0.2) is 59.1 Å². The Kier molecular flexibility index (Phi) is 5.81. The van der Waals surface area contributed by atoms with E-state index in [1.807, 2.05) is 0 Å². The Labute approximate surface area is 183 Å². The standard InChI is InChI=1S/C22H16F6N2O3/c23-21(24,25)16-3-1-2-4-17(16)32-11-13-6-5-12(9-18(13)33-22(26,27)28)15-10-19(31)30-20-14(15)7-8-29-20/h1-7,9,15H,8,10-11H2,(H,29,30,31). The summed E-state index contributed by atoms with van der Waals surface area (Å²) >= 11 is 0. The second-order valence-electron chi connectivity index (χ2n) is 7.35. The first kappa shape index (κ1) is 22.7. The lowest BCUT2D eigenvalue weighted by atomic mass is 9.84. The fourth-order valence-corrected chi connectivity index (χ4v) is 3.73. The van der Waals surface area contributed by atoms with Crippen molar-refractivity contribution in [1.82, 2.24) is 5.32 Å². The molecule has 2 aromatic carbocycles. The first-order valence-corrected chi connectivity index (χ1v) is 9.73. The molecule has 1 unspecified atom stereocenters. The summed E-state index contributed by atoms with van der Waals surface area (Å²) in [5.74, 6) is -1.62. The Morgan fingerprint density at radius 2 is 1.79 bits per heavy atom. The van der Waals surface area contributed by atoms with E-state index in [1.165, 1.54) is 24.3 Å². The normalized spacial score (nSPS) is 18.2. The van der Waals surface area contributed by atoms with Crippen LogP contribution in [0, 0.1) is 0 Å². The zero-order valence-corrected chi connectivity index (χ0v) is 16.8. The van der Waals surface area contributed by atoms with Gasteiger partial charge in [-0.15, -0.1) is 13.2 Å². The van der Waals surface area contributed by atoms with Crippen LogP contribution in [0.1, 0.15) is 29.0 Å². The number of carbonyl (C=O) groups is 1. The molecule has 1 amide bonds. The molecule has 0 saturated carbocycles. The smallest absolute Gasteiger partial charge is 0.488 e. The average Bonchev–Trinajstić information content (AvgIpc) is 3.19. The largest absolute Gasteiger partial charge is 0.573 e. The summed E-state index contributed by atoms with van der Waals surface area (Å²) in [6, 6.07) is 8.30. The van der Waals surface area contributed by atoms with E-state index in [0.29, 0.717) is 23.5 Å². The molecular weight excluding hydrogens is 454 g/mol. The molecule has 1 fully saturated rings. The fraction of sp³-hybridized carbons (Fsp3) is 0.273. The molecule has 0 aromatic heterocycles. The molecule has 11 heteroatoms. The molecule has 1 N–H and O–H groups in total. The highest BCUT2D eigenvalue weighted by Gasteiger charge is 2.36. The van der Waals surface area contributed by atoms with Gasteiger partial charge in [0.05, 0.1) is 12.1 Å². The van der Waals surface area contributed by atoms with Gasteiger partial charge in [0.25, 0.3) is 0 Å². The summed E-state index contributed by atoms with van der Waals surface area (Å²) in [7, 11) is 0. The number of amides is 1. The highest BCUT2D eigenvalue weighted by Crippen LogP contribution is 2.39. The Morgan fingerprint density at radius 1 is 1.03 bits per heavy atom. The number of ether oxygens (including phenoxy) is 2. The maximum absolute atomic E-state index is 13.2. The minimum absolute atomic E-state index is 0.00508. The molecule has 2 aliphatic heterocycles. The number of hydrogen-bond acceptors (Lipinski definition) is 4. The van der Waals surface area contributed by atoms with E-state index in [1.54, 1.807) is 6.08 Å². The van der Waals surface area contributed by atoms with Crippen molar-refractivity contribution in [2.24, 2.45) is 4.99 Å². The van der Waals surface area contributed by atoms with Gasteiger partial charge >= 0.3 is 12.5 Å². The molecule has 2 aliphatic rings. The molecule has 0 spiro atoms. The average molecular weight is 470 g/mol. The lowest BCUT2D eigenvalue weighted by molar-refractivity contribution is -0.275. The van der Waals surface area contributed by atoms with Gasteiger partial charge in [-0.3, -0.25) is 9.79 Å². The summed E-state index contributed by atoms with van der Waals surface area (Å²) in [6.07, 6.45) is -7.96. The monoisotopic (exact) mass is 470 g/mol. The van der Waals surface area contributed by atoms with Crippen molar-refractivity contribution < 1.29 is 40.6 Å². The van der Waals surface area contributed by atoms with Crippen molar-refractivity contribution in [2.45, 2.75) is 31.5 Å². The molecule has 33 heavy (non-hydrogen) atoms. The minimum atomic E-state index is -5.04. The molecular formula is C22H16F6N2O3. The van der Waals surface area contributed by atoms with Crippen LogP contribution in [0.5, 0.6) is 11.5 Å². The molecule has 1 saturated heterocycles. The molecule has 2 heterocycles. The van der Waals surface area contributed by atoms with E-state index in [4.69, 9.17) is 4.74 Å². The van der Waals surface area contributed by atoms with Crippen LogP contribution in [0.4, 0.5) is 26.3 Å². The molecule has 174 valence electrons. The maximum atomic E-state index is 13.2. The lowest BCUT2D eigenvalue weighted by Crippen LogP contribution is -2.38. The van der Waals surface area contributed by atoms with Crippen molar-refractivity contribution in [3.63, 3.8) is 0 Å². The van der Waals surface area contributed by atoms with Crippen LogP contribution in [0.25, 0.3) is 0 Å². The minimum Gasteiger partial charge on any atom is -0.488 e. The van der Waals surface area contributed by atoms with Gasteiger partial charge in [-0.1, -0.05) is 30.3 Å². The molecule has 0 aliphatic carbocycles. The van der Waals surface area contributed by atoms with Crippen LogP contribution in [0.3, 0.4) is 0 Å². The number of fused-ring (bicyclic) bond motifs is 1. The second kappa shape index (κ2) is 8.45. The van der Waals surface area contributed by atoms with Gasteiger partial charge in [0.2, 0.25) is 5.91 Å². The van der Waals surface area contributed by atoms with Crippen molar-refractivity contribution in [3.8, 4) is 11.5 Å². The summed E-state index contributed by atoms with van der Waals surface area (Å²) in [6.45, 7) is -0.253. The van der Waals surface area contributed by atoms with Gasteiger partial charge in [-0.25, -0.2) is 0 Å². The van der Waals surface area contributed by atoms with Crippen LogP contribution >= 0.6 is 0 Å². The highest BCUT2D eigenvalue weighted by molar-refractivity contribution is 6.12. The number of piperidine rings is 1. The van der Waals surface area contributed by atoms with Gasteiger partial charge in [0, 0.05) is 23.5 Å². The van der Waals surface area contributed by atoms with E-state index in [2.05, 4.69) is 15.0 Å². The van der Waals surface area contributed by atoms with Crippen LogP contribution < -0.4 is 14.8 Å². The summed E-state index contributed by atoms with van der Waals surface area (Å²) in [5.41, 5.74) is -0.0872. The Hall–Kier alpha value is -3.50. The molecule has 1 atom stereocenters. The van der Waals surface area contributed by atoms with Gasteiger partial charge in [0.1, 0.15) is 23.9 Å². The van der Waals surface area contributed by atoms with E-state index >= 15 is 0 Å². The van der Waals surface area contributed by atoms with Gasteiger partial charge in [-0.2, -0.15) is 13.2 Å². The number of nitrogens with zero attached hydrogens (tertiary/aromatic N) is 1. The maximum Gasteiger partial charge on any atom is 0.573 e. The summed E-state index contributed by atoms with van der Waals surface area (Å²) in [4.78, 5) is 16.1. The number of amidine groups is 1. The van der Waals surface area contributed by atoms with E-state index in [-0.39, 0.29) is 17.9 Å². The summed E-state index contributed by atoms with van der Waals surface area (Å²) in [5, 5.41) is 2.62. The molecule has 4 rings (SSSR count). The van der Waals surface area contributed by atoms with Crippen molar-refractivity contribution in [3.05, 3.63) is 70.8 Å². The number of nitrogens with one attached hydrogen (secondary N) is 1. The quantitative estimate of drug-likeness (QED) is 0.617. The van der Waals surface area contributed by atoms with Crippen molar-refractivity contribution in [1.29, 1.82) is 0 Å². The van der Waals surface area contributed by atoms with E-state index < -0.39 is 42.1 Å². The zero-order valence-electron chi connectivity index (χ0n) is 16.8. The Balaban J connectivity index is 1.64. The number of rotatable bonds is 5. The van der Waals surface area contributed by atoms with Gasteiger partial charge < -0.3 is 14.8 Å². The third kappa shape index (κ3) is 5.12. The van der Waals surface area contributed by atoms with E-state index in [0.717, 1.165) is 18.2 Å². The van der Waals surface area contributed by atoms with Crippen LogP contribution in [-0.2, 0) is 17.6 Å². The van der Waals surface area contributed by atoms with E-state index in [9.17, 15) is 31.1 Å². The van der Waals surface area contributed by atoms with Crippen molar-refractivity contribution in [2.75, 3.05) is 6.54 Å². The number of alkyl halides is 6. The first-order valence-electron chi connectivity index (χ1n) is 9.73. The second-order valence-corrected chi connectivity index (χ2v) is 7.35. The Bertz CT molecular complexity index is 1140. The SMILES string of the molecule is O=C1CC(c2ccc(COc3ccccc3C(F)(F)F)c(OC(F)(F)F)c2)C2=CCN=C2N1. The molecule has 2 aromatic rings. The Morgan fingerprint density at radius 3 is 2.52 bits per heavy atom. The van der Waals surface area contributed by atoms with Gasteiger partial charge in [0.15, 0.2) is 0 Å². The first-order chi connectivity index (χ1) is 15.5. The predicted octanol–water partition coefficient (Wildman–Crippen LogP) is 5.13. The van der Waals surface area contributed by atoms with Gasteiger partial charge in [-0.05, 0) is 23.8 Å². The van der Waals surface area contributed by atoms with Crippen molar-refractivity contribution >= 4 is 11.7 Å². The number of halogens is 6. The number of aliphatic imine (C=N–C) groups is 1. The lowest BCUT2D eigenvalue weighted by Gasteiger charge is -2.26. The third-order valence-electron chi connectivity index (χ3n) is 5.15. The van der Waals surface area contributed by atoms with Crippen LogP contribution in [0.2, 0.25) is 0 Å². The van der Waals surface area contributed by atoms with Crippen LogP contribution in [-0.4, -0.2) is 24.6 Å². The number of benzene rings is 2. The topological polar surface area (TPSA) is 59.9 Å². The summed E-state index contributed by atoms with van der Waals surface area (Å²) < 4.78 is 88.0.